The summed E-state index contributed by atoms with van der Waals surface area (Å²) in [5.74, 6) is 4.74. The van der Waals surface area contributed by atoms with Crippen molar-refractivity contribution >= 4 is 11.8 Å². The zero-order valence-corrected chi connectivity index (χ0v) is 11.2. The van der Waals surface area contributed by atoms with Crippen LogP contribution in [0.1, 0.15) is 35.7 Å². The normalized spacial score (nSPS) is 11.1. The van der Waals surface area contributed by atoms with Crippen LogP contribution in [0, 0.1) is 11.8 Å². The summed E-state index contributed by atoms with van der Waals surface area (Å²) >= 11 is 0. The first-order valence-corrected chi connectivity index (χ1v) is 6.17. The Morgan fingerprint density at radius 3 is 2.90 bits per heavy atom. The minimum atomic E-state index is -0.473. The number of rotatable bonds is 5. The van der Waals surface area contributed by atoms with Gasteiger partial charge < -0.3 is 16.2 Å². The average molecular weight is 275 g/mol. The van der Waals surface area contributed by atoms with Gasteiger partial charge in [0.05, 0.1) is 12.2 Å². The number of primary amides is 1. The van der Waals surface area contributed by atoms with Gasteiger partial charge in [0.15, 0.2) is 0 Å². The van der Waals surface area contributed by atoms with Gasteiger partial charge >= 0.3 is 0 Å². The predicted molar refractivity (Wildman–Crippen MR) is 73.6 cm³/mol. The number of carbonyl (C=O) groups is 2. The molecule has 0 saturated heterocycles. The van der Waals surface area contributed by atoms with Crippen LogP contribution in [-0.4, -0.2) is 34.6 Å². The van der Waals surface area contributed by atoms with E-state index in [2.05, 4.69) is 22.1 Å². The number of hydrogen-bond donors (Lipinski definition) is 3. The molecule has 2 amide bonds. The molecule has 1 unspecified atom stereocenters. The highest BCUT2D eigenvalue weighted by molar-refractivity contribution is 5.94. The molecular weight excluding hydrogens is 258 g/mol. The number of aliphatic hydroxyl groups excluding tert-OH is 1. The Balaban J connectivity index is 2.72. The van der Waals surface area contributed by atoms with Gasteiger partial charge in [-0.15, -0.1) is 0 Å². The van der Waals surface area contributed by atoms with E-state index in [4.69, 9.17) is 10.8 Å². The van der Waals surface area contributed by atoms with Crippen molar-refractivity contribution in [2.75, 3.05) is 6.61 Å². The number of aromatic nitrogens is 1. The van der Waals surface area contributed by atoms with Crippen LogP contribution in [0.15, 0.2) is 18.5 Å². The van der Waals surface area contributed by atoms with Crippen LogP contribution in [0.5, 0.6) is 0 Å². The Kier molecular flexibility index (Phi) is 6.20. The third-order valence-electron chi connectivity index (χ3n) is 2.35. The molecule has 6 nitrogen and oxygen atoms in total. The Labute approximate surface area is 117 Å². The van der Waals surface area contributed by atoms with Gasteiger partial charge in [-0.3, -0.25) is 14.6 Å². The second-order valence-corrected chi connectivity index (χ2v) is 4.28. The van der Waals surface area contributed by atoms with Gasteiger partial charge in [-0.05, 0) is 13.0 Å². The Bertz CT molecular complexity index is 546. The van der Waals surface area contributed by atoms with Crippen LogP contribution in [0.2, 0.25) is 0 Å². The Hall–Kier alpha value is -2.39. The van der Waals surface area contributed by atoms with Crippen molar-refractivity contribution in [3.05, 3.63) is 29.6 Å². The van der Waals surface area contributed by atoms with E-state index in [0.717, 1.165) is 0 Å². The van der Waals surface area contributed by atoms with E-state index in [1.165, 1.54) is 12.4 Å². The summed E-state index contributed by atoms with van der Waals surface area (Å²) in [6.07, 6.45) is 3.40. The molecule has 1 atom stereocenters. The van der Waals surface area contributed by atoms with Crippen LogP contribution < -0.4 is 11.1 Å². The largest absolute Gasteiger partial charge is 0.395 e. The van der Waals surface area contributed by atoms with E-state index in [1.807, 2.05) is 0 Å². The van der Waals surface area contributed by atoms with Crippen LogP contribution in [0.3, 0.4) is 0 Å². The molecule has 0 fully saturated rings. The molecule has 1 heterocycles. The maximum absolute atomic E-state index is 11.9. The van der Waals surface area contributed by atoms with Crippen molar-refractivity contribution < 1.29 is 14.7 Å². The van der Waals surface area contributed by atoms with Crippen LogP contribution >= 0.6 is 0 Å². The summed E-state index contributed by atoms with van der Waals surface area (Å²) in [6, 6.07) is 1.26. The third-order valence-corrected chi connectivity index (χ3v) is 2.35. The second kappa shape index (κ2) is 7.92. The summed E-state index contributed by atoms with van der Waals surface area (Å²) < 4.78 is 0. The van der Waals surface area contributed by atoms with Gasteiger partial charge in [-0.25, -0.2) is 0 Å². The second-order valence-electron chi connectivity index (χ2n) is 4.28. The fourth-order valence-corrected chi connectivity index (χ4v) is 1.51. The van der Waals surface area contributed by atoms with Gasteiger partial charge in [0, 0.05) is 36.8 Å². The molecule has 0 aliphatic carbocycles. The third kappa shape index (κ3) is 5.50. The number of aliphatic hydroxyl groups is 1. The molecule has 0 bridgehead atoms. The molecule has 6 heteroatoms. The van der Waals surface area contributed by atoms with E-state index in [-0.39, 0.29) is 25.0 Å². The molecule has 0 aliphatic rings. The maximum atomic E-state index is 11.9. The molecule has 4 N–H and O–H groups in total. The minimum absolute atomic E-state index is 0.00869. The van der Waals surface area contributed by atoms with Crippen molar-refractivity contribution in [3.8, 4) is 11.8 Å². The van der Waals surface area contributed by atoms with Crippen molar-refractivity contribution in [1.29, 1.82) is 0 Å². The van der Waals surface area contributed by atoms with Gasteiger partial charge in [0.1, 0.15) is 0 Å². The first-order valence-electron chi connectivity index (χ1n) is 6.17. The summed E-state index contributed by atoms with van der Waals surface area (Å²) in [4.78, 5) is 26.6. The lowest BCUT2D eigenvalue weighted by atomic mass is 10.1. The smallest absolute Gasteiger partial charge is 0.253 e. The quantitative estimate of drug-likeness (QED) is 0.648. The monoisotopic (exact) mass is 275 g/mol. The molecule has 0 aliphatic heterocycles. The minimum Gasteiger partial charge on any atom is -0.395 e. The van der Waals surface area contributed by atoms with Crippen molar-refractivity contribution in [1.82, 2.24) is 10.3 Å². The standard InChI is InChI=1S/C14H17N3O3/c1-10(6-13(15)19)17-14(20)12-7-11(8-16-9-12)4-2-3-5-18/h7-10,18H,3,5-6H2,1H3,(H2,15,19)(H,17,20). The highest BCUT2D eigenvalue weighted by Gasteiger charge is 2.12. The van der Waals surface area contributed by atoms with Crippen molar-refractivity contribution in [2.24, 2.45) is 5.73 Å². The molecule has 1 aromatic heterocycles. The highest BCUT2D eigenvalue weighted by Crippen LogP contribution is 2.03. The van der Waals surface area contributed by atoms with Crippen molar-refractivity contribution in [2.45, 2.75) is 25.8 Å². The van der Waals surface area contributed by atoms with Crippen LogP contribution in [0.25, 0.3) is 0 Å². The zero-order valence-electron chi connectivity index (χ0n) is 11.2. The zero-order chi connectivity index (χ0) is 15.0. The summed E-state index contributed by atoms with van der Waals surface area (Å²) in [5, 5.41) is 11.3. The molecule has 0 spiro atoms. The lowest BCUT2D eigenvalue weighted by Gasteiger charge is -2.11. The number of carbonyl (C=O) groups excluding carboxylic acids is 2. The molecule has 106 valence electrons. The summed E-state index contributed by atoms with van der Waals surface area (Å²) in [7, 11) is 0. The van der Waals surface area contributed by atoms with Crippen LogP contribution in [0.4, 0.5) is 0 Å². The SMILES string of the molecule is CC(CC(N)=O)NC(=O)c1cncc(C#CCCO)c1. The highest BCUT2D eigenvalue weighted by atomic mass is 16.2. The number of nitrogens with two attached hydrogens (primary N) is 1. The number of nitrogens with zero attached hydrogens (tertiary/aromatic N) is 1. The number of amides is 2. The van der Waals surface area contributed by atoms with E-state index >= 15 is 0 Å². The first kappa shape index (κ1) is 15.7. The molecular formula is C14H17N3O3. The van der Waals surface area contributed by atoms with E-state index in [0.29, 0.717) is 17.5 Å². The lowest BCUT2D eigenvalue weighted by Crippen LogP contribution is -2.35. The van der Waals surface area contributed by atoms with Gasteiger partial charge in [-0.2, -0.15) is 0 Å². The predicted octanol–water partition coefficient (Wildman–Crippen LogP) is -0.191. The van der Waals surface area contributed by atoms with Crippen molar-refractivity contribution in [3.63, 3.8) is 0 Å². The molecule has 1 aromatic rings. The van der Waals surface area contributed by atoms with Gasteiger partial charge in [0.25, 0.3) is 5.91 Å². The van der Waals surface area contributed by atoms with E-state index < -0.39 is 5.91 Å². The van der Waals surface area contributed by atoms with Gasteiger partial charge in [0.2, 0.25) is 5.91 Å². The molecule has 0 radical (unpaired) electrons. The Morgan fingerprint density at radius 2 is 2.25 bits per heavy atom. The lowest BCUT2D eigenvalue weighted by molar-refractivity contribution is -0.118. The topological polar surface area (TPSA) is 105 Å². The molecule has 0 aromatic carbocycles. The van der Waals surface area contributed by atoms with Crippen LogP contribution in [-0.2, 0) is 4.79 Å². The summed E-state index contributed by atoms with van der Waals surface area (Å²) in [6.45, 7) is 1.69. The maximum Gasteiger partial charge on any atom is 0.253 e. The number of pyridine rings is 1. The fourth-order valence-electron chi connectivity index (χ4n) is 1.51. The van der Waals surface area contributed by atoms with E-state index in [9.17, 15) is 9.59 Å². The molecule has 0 saturated carbocycles. The van der Waals surface area contributed by atoms with Gasteiger partial charge in [-0.1, -0.05) is 11.8 Å². The first-order chi connectivity index (χ1) is 9.52. The van der Waals surface area contributed by atoms with E-state index in [1.54, 1.807) is 13.0 Å². The average Bonchev–Trinajstić information content (AvgIpc) is 2.38. The molecule has 20 heavy (non-hydrogen) atoms. The number of nitrogens with one attached hydrogen (secondary N) is 1. The molecule has 1 rings (SSSR count). The summed E-state index contributed by atoms with van der Waals surface area (Å²) in [5.41, 5.74) is 6.01. The Morgan fingerprint density at radius 1 is 1.50 bits per heavy atom. The number of hydrogen-bond acceptors (Lipinski definition) is 4. The fraction of sp³-hybridized carbons (Fsp3) is 0.357.